The summed E-state index contributed by atoms with van der Waals surface area (Å²) in [5.74, 6) is 0.144. The molecule has 26 heavy (non-hydrogen) atoms. The number of carbonyl (C=O) groups excluding carboxylic acids is 1. The first-order chi connectivity index (χ1) is 12.5. The third-order valence-corrected chi connectivity index (χ3v) is 7.57. The molecule has 2 aliphatic rings. The predicted octanol–water partition coefficient (Wildman–Crippen LogP) is 3.19. The van der Waals surface area contributed by atoms with Crippen LogP contribution in [0.4, 0.5) is 0 Å². The van der Waals surface area contributed by atoms with Gasteiger partial charge in [-0.05, 0) is 50.3 Å². The quantitative estimate of drug-likeness (QED) is 0.764. The van der Waals surface area contributed by atoms with Crippen LogP contribution < -0.4 is 0 Å². The number of nitrogens with zero attached hydrogens (tertiary/aromatic N) is 2. The van der Waals surface area contributed by atoms with E-state index in [1.807, 2.05) is 11.8 Å². The molecule has 0 N–H and O–H groups in total. The fourth-order valence-corrected chi connectivity index (χ4v) is 5.68. The summed E-state index contributed by atoms with van der Waals surface area (Å²) in [6, 6.07) is 7.26. The van der Waals surface area contributed by atoms with Crippen molar-refractivity contribution >= 4 is 15.9 Å². The zero-order valence-electron chi connectivity index (χ0n) is 15.7. The highest BCUT2D eigenvalue weighted by atomic mass is 32.2. The molecule has 144 valence electrons. The van der Waals surface area contributed by atoms with E-state index < -0.39 is 10.0 Å². The summed E-state index contributed by atoms with van der Waals surface area (Å²) < 4.78 is 27.0. The van der Waals surface area contributed by atoms with Gasteiger partial charge >= 0.3 is 0 Å². The number of sulfonamides is 1. The molecule has 0 radical (unpaired) electrons. The van der Waals surface area contributed by atoms with Crippen LogP contribution in [0.5, 0.6) is 0 Å². The second kappa shape index (κ2) is 8.53. The van der Waals surface area contributed by atoms with Crippen molar-refractivity contribution in [3.05, 3.63) is 29.8 Å². The Bertz CT molecular complexity index is 703. The molecule has 1 saturated carbocycles. The van der Waals surface area contributed by atoms with E-state index in [1.165, 1.54) is 12.8 Å². The zero-order chi connectivity index (χ0) is 18.6. The van der Waals surface area contributed by atoms with E-state index in [-0.39, 0.29) is 5.91 Å². The van der Waals surface area contributed by atoms with Crippen molar-refractivity contribution in [1.82, 2.24) is 9.21 Å². The Balaban J connectivity index is 1.66. The highest BCUT2D eigenvalue weighted by Crippen LogP contribution is 2.25. The van der Waals surface area contributed by atoms with E-state index in [4.69, 9.17) is 0 Å². The van der Waals surface area contributed by atoms with Crippen LogP contribution in [0, 0.1) is 0 Å². The lowest BCUT2D eigenvalue weighted by atomic mass is 10.1. The summed E-state index contributed by atoms with van der Waals surface area (Å²) in [6.45, 7) is 3.99. The maximum absolute atomic E-state index is 12.7. The fraction of sp³-hybridized carbons (Fsp3) is 0.650. The molecule has 0 atom stereocenters. The van der Waals surface area contributed by atoms with Crippen molar-refractivity contribution in [2.24, 2.45) is 0 Å². The second-order valence-corrected chi connectivity index (χ2v) is 9.34. The topological polar surface area (TPSA) is 57.7 Å². The molecule has 0 unspecified atom stereocenters. The number of hydrogen-bond acceptors (Lipinski definition) is 3. The lowest BCUT2D eigenvalue weighted by Gasteiger charge is -2.28. The normalized spacial score (nSPS) is 19.6. The molecule has 1 saturated heterocycles. The molecule has 1 amide bonds. The molecular formula is C20H30N2O3S. The van der Waals surface area contributed by atoms with E-state index in [2.05, 4.69) is 0 Å². The Morgan fingerprint density at radius 2 is 1.65 bits per heavy atom. The van der Waals surface area contributed by atoms with E-state index in [0.29, 0.717) is 30.4 Å². The standard InChI is InChI=1S/C20H30N2O3S/c1-2-22(18-8-4-5-9-18)20(23)16-17-10-12-19(13-11-17)26(24,25)21-14-6-3-7-15-21/h10-13,18H,2-9,14-16H2,1H3. The lowest BCUT2D eigenvalue weighted by molar-refractivity contribution is -0.132. The molecule has 2 fully saturated rings. The average molecular weight is 379 g/mol. The smallest absolute Gasteiger partial charge is 0.243 e. The van der Waals surface area contributed by atoms with Gasteiger partial charge in [0.05, 0.1) is 11.3 Å². The number of piperidine rings is 1. The average Bonchev–Trinajstić information content (AvgIpc) is 3.18. The monoisotopic (exact) mass is 378 g/mol. The van der Waals surface area contributed by atoms with Gasteiger partial charge in [-0.25, -0.2) is 8.42 Å². The van der Waals surface area contributed by atoms with Gasteiger partial charge in [-0.2, -0.15) is 4.31 Å². The first-order valence-electron chi connectivity index (χ1n) is 9.91. The van der Waals surface area contributed by atoms with Crippen molar-refractivity contribution < 1.29 is 13.2 Å². The van der Waals surface area contributed by atoms with E-state index in [1.54, 1.807) is 28.6 Å². The van der Waals surface area contributed by atoms with Crippen molar-refractivity contribution in [3.8, 4) is 0 Å². The molecule has 1 aliphatic heterocycles. The molecule has 0 bridgehead atoms. The highest BCUT2D eigenvalue weighted by Gasteiger charge is 2.27. The Hall–Kier alpha value is -1.40. The van der Waals surface area contributed by atoms with E-state index in [9.17, 15) is 13.2 Å². The van der Waals surface area contributed by atoms with Crippen LogP contribution in [0.25, 0.3) is 0 Å². The van der Waals surface area contributed by atoms with Crippen LogP contribution in [0.2, 0.25) is 0 Å². The Kier molecular flexibility index (Phi) is 6.35. The van der Waals surface area contributed by atoms with Gasteiger partial charge in [-0.1, -0.05) is 31.4 Å². The molecule has 1 aliphatic carbocycles. The van der Waals surface area contributed by atoms with Gasteiger partial charge in [0, 0.05) is 25.7 Å². The summed E-state index contributed by atoms with van der Waals surface area (Å²) in [7, 11) is -3.40. The van der Waals surface area contributed by atoms with Gasteiger partial charge in [-0.3, -0.25) is 4.79 Å². The maximum Gasteiger partial charge on any atom is 0.243 e. The third kappa shape index (κ3) is 4.29. The molecule has 1 aromatic carbocycles. The second-order valence-electron chi connectivity index (χ2n) is 7.40. The summed E-state index contributed by atoms with van der Waals surface area (Å²) in [4.78, 5) is 15.0. The third-order valence-electron chi connectivity index (χ3n) is 5.66. The number of likely N-dealkylation sites (N-methyl/N-ethyl adjacent to an activating group) is 1. The number of carbonyl (C=O) groups is 1. The van der Waals surface area contributed by atoms with Gasteiger partial charge in [0.25, 0.3) is 0 Å². The highest BCUT2D eigenvalue weighted by molar-refractivity contribution is 7.89. The van der Waals surface area contributed by atoms with Crippen molar-refractivity contribution in [1.29, 1.82) is 0 Å². The Morgan fingerprint density at radius 3 is 2.23 bits per heavy atom. The van der Waals surface area contributed by atoms with Gasteiger partial charge < -0.3 is 4.90 Å². The number of amides is 1. The number of hydrogen-bond donors (Lipinski definition) is 0. The molecular weight excluding hydrogens is 348 g/mol. The summed E-state index contributed by atoms with van der Waals surface area (Å²) in [6.07, 6.45) is 7.92. The minimum Gasteiger partial charge on any atom is -0.340 e. The zero-order valence-corrected chi connectivity index (χ0v) is 16.5. The molecule has 1 heterocycles. The maximum atomic E-state index is 12.7. The van der Waals surface area contributed by atoms with Crippen LogP contribution in [-0.2, 0) is 21.2 Å². The van der Waals surface area contributed by atoms with Crippen LogP contribution in [-0.4, -0.2) is 49.2 Å². The molecule has 0 aromatic heterocycles. The van der Waals surface area contributed by atoms with Gasteiger partial charge in [-0.15, -0.1) is 0 Å². The molecule has 1 aromatic rings. The van der Waals surface area contributed by atoms with Gasteiger partial charge in [0.15, 0.2) is 0 Å². The Labute approximate surface area is 157 Å². The van der Waals surface area contributed by atoms with Crippen LogP contribution in [0.3, 0.4) is 0 Å². The van der Waals surface area contributed by atoms with Crippen LogP contribution in [0.1, 0.15) is 57.4 Å². The first kappa shape index (κ1) is 19.4. The predicted molar refractivity (Wildman–Crippen MR) is 102 cm³/mol. The SMILES string of the molecule is CCN(C(=O)Cc1ccc(S(=O)(=O)N2CCCCC2)cc1)C1CCCC1. The summed E-state index contributed by atoms with van der Waals surface area (Å²) >= 11 is 0. The molecule has 0 spiro atoms. The molecule has 6 heteroatoms. The van der Waals surface area contributed by atoms with Crippen molar-refractivity contribution in [3.63, 3.8) is 0 Å². The number of rotatable bonds is 6. The first-order valence-corrected chi connectivity index (χ1v) is 11.3. The minimum absolute atomic E-state index is 0.144. The van der Waals surface area contributed by atoms with Crippen molar-refractivity contribution in [2.75, 3.05) is 19.6 Å². The van der Waals surface area contributed by atoms with E-state index >= 15 is 0 Å². The molecule has 3 rings (SSSR count). The lowest BCUT2D eigenvalue weighted by Crippen LogP contribution is -2.39. The summed E-state index contributed by atoms with van der Waals surface area (Å²) in [5, 5.41) is 0. The largest absolute Gasteiger partial charge is 0.340 e. The van der Waals surface area contributed by atoms with Gasteiger partial charge in [0.2, 0.25) is 15.9 Å². The van der Waals surface area contributed by atoms with Gasteiger partial charge in [0.1, 0.15) is 0 Å². The Morgan fingerprint density at radius 1 is 1.04 bits per heavy atom. The number of benzene rings is 1. The van der Waals surface area contributed by atoms with Crippen LogP contribution in [0.15, 0.2) is 29.2 Å². The fourth-order valence-electron chi connectivity index (χ4n) is 4.16. The van der Waals surface area contributed by atoms with E-state index in [0.717, 1.165) is 44.2 Å². The van der Waals surface area contributed by atoms with Crippen LogP contribution >= 0.6 is 0 Å². The molecule has 5 nitrogen and oxygen atoms in total. The minimum atomic E-state index is -3.40. The van der Waals surface area contributed by atoms with Crippen molar-refractivity contribution in [2.45, 2.75) is 69.2 Å². The summed E-state index contributed by atoms with van der Waals surface area (Å²) in [5.41, 5.74) is 0.879.